The molecule has 0 aliphatic carbocycles. The molecule has 1 fully saturated rings. The van der Waals surface area contributed by atoms with Crippen LogP contribution >= 0.6 is 0 Å². The molecule has 0 radical (unpaired) electrons. The maximum atomic E-state index is 12.8. The standard InChI is InChI=1S/C16H29N5O5/c1-10(19-13(22)9-18)14(23)20-11(5-2-3-7-17)15(24)21-8-4-6-12(21)16(25)26/h10-12H,2-9,17-18H2,1H3,(H,19,22)(H,20,23)(H,25,26). The molecule has 1 aliphatic rings. The fraction of sp³-hybridized carbons (Fsp3) is 0.750. The number of nitrogens with two attached hydrogens (primary N) is 2. The Balaban J connectivity index is 2.79. The maximum absolute atomic E-state index is 12.8. The molecule has 0 aromatic heterocycles. The molecule has 3 amide bonds. The summed E-state index contributed by atoms with van der Waals surface area (Å²) in [6.07, 6.45) is 2.65. The van der Waals surface area contributed by atoms with Crippen molar-refractivity contribution in [1.29, 1.82) is 0 Å². The fourth-order valence-electron chi connectivity index (χ4n) is 2.90. The van der Waals surface area contributed by atoms with Crippen molar-refractivity contribution >= 4 is 23.7 Å². The van der Waals surface area contributed by atoms with E-state index in [-0.39, 0.29) is 6.54 Å². The topological polar surface area (TPSA) is 168 Å². The lowest BCUT2D eigenvalue weighted by Crippen LogP contribution is -2.55. The van der Waals surface area contributed by atoms with E-state index >= 15 is 0 Å². The Kier molecular flexibility index (Phi) is 9.00. The molecule has 148 valence electrons. The Morgan fingerprint density at radius 2 is 1.88 bits per heavy atom. The summed E-state index contributed by atoms with van der Waals surface area (Å²) < 4.78 is 0. The van der Waals surface area contributed by atoms with Crippen molar-refractivity contribution < 1.29 is 24.3 Å². The second-order valence-electron chi connectivity index (χ2n) is 6.37. The highest BCUT2D eigenvalue weighted by Crippen LogP contribution is 2.19. The number of nitrogens with zero attached hydrogens (tertiary/aromatic N) is 1. The summed E-state index contributed by atoms with van der Waals surface area (Å²) >= 11 is 0. The zero-order valence-electron chi connectivity index (χ0n) is 15.1. The van der Waals surface area contributed by atoms with Crippen LogP contribution in [0.25, 0.3) is 0 Å². The van der Waals surface area contributed by atoms with Crippen molar-refractivity contribution in [3.63, 3.8) is 0 Å². The molecule has 1 heterocycles. The predicted octanol–water partition coefficient (Wildman–Crippen LogP) is -1.86. The monoisotopic (exact) mass is 371 g/mol. The lowest BCUT2D eigenvalue weighted by molar-refractivity contribution is -0.149. The normalized spacial score (nSPS) is 18.9. The number of hydrogen-bond donors (Lipinski definition) is 5. The van der Waals surface area contributed by atoms with E-state index in [0.29, 0.717) is 45.2 Å². The van der Waals surface area contributed by atoms with Gasteiger partial charge in [0.25, 0.3) is 0 Å². The number of amides is 3. The number of hydrogen-bond acceptors (Lipinski definition) is 6. The Labute approximate surface area is 152 Å². The summed E-state index contributed by atoms with van der Waals surface area (Å²) in [5.41, 5.74) is 10.7. The second-order valence-corrected chi connectivity index (χ2v) is 6.37. The van der Waals surface area contributed by atoms with E-state index in [1.54, 1.807) is 0 Å². The summed E-state index contributed by atoms with van der Waals surface area (Å²) in [6.45, 7) is 2.04. The van der Waals surface area contributed by atoms with E-state index in [9.17, 15) is 24.3 Å². The van der Waals surface area contributed by atoms with Gasteiger partial charge >= 0.3 is 5.97 Å². The first kappa shape index (κ1) is 21.8. The summed E-state index contributed by atoms with van der Waals surface area (Å²) in [5, 5.41) is 14.3. The van der Waals surface area contributed by atoms with Crippen LogP contribution in [0.3, 0.4) is 0 Å². The molecule has 0 saturated carbocycles. The van der Waals surface area contributed by atoms with E-state index in [2.05, 4.69) is 10.6 Å². The van der Waals surface area contributed by atoms with Gasteiger partial charge in [0.1, 0.15) is 18.1 Å². The lowest BCUT2D eigenvalue weighted by atomic mass is 10.1. The molecule has 10 nitrogen and oxygen atoms in total. The number of aliphatic carboxylic acids is 1. The third-order valence-corrected chi connectivity index (χ3v) is 4.34. The fourth-order valence-corrected chi connectivity index (χ4v) is 2.90. The number of carbonyl (C=O) groups excluding carboxylic acids is 3. The van der Waals surface area contributed by atoms with Crippen LogP contribution in [0.2, 0.25) is 0 Å². The number of unbranched alkanes of at least 4 members (excludes halogenated alkanes) is 1. The molecular weight excluding hydrogens is 342 g/mol. The third kappa shape index (κ3) is 6.26. The molecular formula is C16H29N5O5. The Morgan fingerprint density at radius 1 is 1.19 bits per heavy atom. The summed E-state index contributed by atoms with van der Waals surface area (Å²) in [4.78, 5) is 49.0. The van der Waals surface area contributed by atoms with Gasteiger partial charge in [-0.3, -0.25) is 14.4 Å². The lowest BCUT2D eigenvalue weighted by Gasteiger charge is -2.28. The molecule has 1 aliphatic heterocycles. The van der Waals surface area contributed by atoms with Gasteiger partial charge in [0, 0.05) is 6.54 Å². The van der Waals surface area contributed by atoms with Crippen LogP contribution in [-0.2, 0) is 19.2 Å². The Morgan fingerprint density at radius 3 is 2.46 bits per heavy atom. The molecule has 3 unspecified atom stereocenters. The quantitative estimate of drug-likeness (QED) is 0.280. The van der Waals surface area contributed by atoms with Crippen LogP contribution in [0.4, 0.5) is 0 Å². The summed E-state index contributed by atoms with van der Waals surface area (Å²) in [7, 11) is 0. The van der Waals surface area contributed by atoms with Gasteiger partial charge in [-0.15, -0.1) is 0 Å². The number of carboxylic acids is 1. The van der Waals surface area contributed by atoms with Gasteiger partial charge in [-0.25, -0.2) is 4.79 Å². The average molecular weight is 371 g/mol. The minimum atomic E-state index is -1.05. The third-order valence-electron chi connectivity index (χ3n) is 4.34. The van der Waals surface area contributed by atoms with E-state index in [0.717, 1.165) is 0 Å². The molecule has 26 heavy (non-hydrogen) atoms. The van der Waals surface area contributed by atoms with E-state index in [4.69, 9.17) is 11.5 Å². The van der Waals surface area contributed by atoms with Crippen LogP contribution in [0.5, 0.6) is 0 Å². The average Bonchev–Trinajstić information content (AvgIpc) is 3.10. The number of likely N-dealkylation sites (tertiary alicyclic amines) is 1. The van der Waals surface area contributed by atoms with Crippen molar-refractivity contribution in [2.75, 3.05) is 19.6 Å². The zero-order chi connectivity index (χ0) is 19.7. The highest BCUT2D eigenvalue weighted by Gasteiger charge is 2.37. The first-order chi connectivity index (χ1) is 12.3. The van der Waals surface area contributed by atoms with E-state index in [1.165, 1.54) is 11.8 Å². The SMILES string of the molecule is CC(NC(=O)CN)C(=O)NC(CCCCN)C(=O)N1CCCC1C(=O)O. The van der Waals surface area contributed by atoms with Gasteiger partial charge in [-0.05, 0) is 45.6 Å². The van der Waals surface area contributed by atoms with Gasteiger partial charge in [0.15, 0.2) is 0 Å². The Bertz CT molecular complexity index is 527. The molecule has 1 saturated heterocycles. The molecule has 0 bridgehead atoms. The van der Waals surface area contributed by atoms with Crippen molar-refractivity contribution in [3.8, 4) is 0 Å². The van der Waals surface area contributed by atoms with Gasteiger partial charge < -0.3 is 32.1 Å². The van der Waals surface area contributed by atoms with Crippen LogP contribution in [0.15, 0.2) is 0 Å². The number of carbonyl (C=O) groups is 4. The summed E-state index contributed by atoms with van der Waals surface area (Å²) in [5.74, 6) is -2.47. The van der Waals surface area contributed by atoms with Crippen LogP contribution in [-0.4, -0.2) is 71.5 Å². The van der Waals surface area contributed by atoms with Crippen molar-refractivity contribution in [2.24, 2.45) is 11.5 Å². The van der Waals surface area contributed by atoms with Gasteiger partial charge in [-0.2, -0.15) is 0 Å². The summed E-state index contributed by atoms with van der Waals surface area (Å²) in [6, 6.07) is -2.58. The van der Waals surface area contributed by atoms with Crippen molar-refractivity contribution in [2.45, 2.75) is 57.2 Å². The van der Waals surface area contributed by atoms with Crippen LogP contribution in [0, 0.1) is 0 Å². The number of rotatable bonds is 10. The molecule has 0 spiro atoms. The Hall–Kier alpha value is -2.20. The van der Waals surface area contributed by atoms with Gasteiger partial charge in [-0.1, -0.05) is 0 Å². The highest BCUT2D eigenvalue weighted by atomic mass is 16.4. The van der Waals surface area contributed by atoms with Gasteiger partial charge in [0.05, 0.1) is 6.54 Å². The zero-order valence-corrected chi connectivity index (χ0v) is 15.1. The molecule has 7 N–H and O–H groups in total. The van der Waals surface area contributed by atoms with Gasteiger partial charge in [0.2, 0.25) is 17.7 Å². The van der Waals surface area contributed by atoms with Crippen LogP contribution in [0.1, 0.15) is 39.0 Å². The first-order valence-electron chi connectivity index (χ1n) is 8.85. The second kappa shape index (κ2) is 10.7. The van der Waals surface area contributed by atoms with E-state index < -0.39 is 41.8 Å². The smallest absolute Gasteiger partial charge is 0.326 e. The van der Waals surface area contributed by atoms with Crippen molar-refractivity contribution in [1.82, 2.24) is 15.5 Å². The number of nitrogens with one attached hydrogen (secondary N) is 2. The molecule has 0 aromatic carbocycles. The molecule has 3 atom stereocenters. The first-order valence-corrected chi connectivity index (χ1v) is 8.85. The molecule has 10 heteroatoms. The highest BCUT2D eigenvalue weighted by molar-refractivity contribution is 5.93. The molecule has 0 aromatic rings. The van der Waals surface area contributed by atoms with Crippen LogP contribution < -0.4 is 22.1 Å². The largest absolute Gasteiger partial charge is 0.480 e. The predicted molar refractivity (Wildman–Crippen MR) is 93.9 cm³/mol. The van der Waals surface area contributed by atoms with Crippen molar-refractivity contribution in [3.05, 3.63) is 0 Å². The number of carboxylic acid groups (broad SMARTS) is 1. The molecule has 1 rings (SSSR count). The minimum absolute atomic E-state index is 0.245. The van der Waals surface area contributed by atoms with E-state index in [1.807, 2.05) is 0 Å². The maximum Gasteiger partial charge on any atom is 0.326 e. The minimum Gasteiger partial charge on any atom is -0.480 e.